The maximum absolute atomic E-state index is 12.3. The van der Waals surface area contributed by atoms with Crippen LogP contribution in [0.3, 0.4) is 0 Å². The summed E-state index contributed by atoms with van der Waals surface area (Å²) >= 11 is 0. The van der Waals surface area contributed by atoms with E-state index in [9.17, 15) is 9.90 Å². The third-order valence-electron chi connectivity index (χ3n) is 3.30. The fraction of sp³-hybridized carbons (Fsp3) is 0.500. The zero-order chi connectivity index (χ0) is 13.4. The van der Waals surface area contributed by atoms with Gasteiger partial charge in [-0.05, 0) is 25.8 Å². The molecule has 1 aliphatic rings. The number of carbonyl (C=O) groups is 1. The second kappa shape index (κ2) is 4.58. The first kappa shape index (κ1) is 12.0. The lowest BCUT2D eigenvalue weighted by Crippen LogP contribution is -2.42. The van der Waals surface area contributed by atoms with Crippen molar-refractivity contribution in [3.63, 3.8) is 0 Å². The van der Waals surface area contributed by atoms with Gasteiger partial charge in [-0.25, -0.2) is 9.50 Å². The second-order valence-electron chi connectivity index (χ2n) is 4.78. The lowest BCUT2D eigenvalue weighted by molar-refractivity contribution is 0.0464. The highest BCUT2D eigenvalue weighted by Crippen LogP contribution is 2.12. The summed E-state index contributed by atoms with van der Waals surface area (Å²) in [6.07, 6.45) is 2.73. The molecule has 0 unspecified atom stereocenters. The Morgan fingerprint density at radius 3 is 3.11 bits per heavy atom. The van der Waals surface area contributed by atoms with E-state index in [0.29, 0.717) is 18.9 Å². The van der Waals surface area contributed by atoms with Crippen LogP contribution in [-0.2, 0) is 0 Å². The highest BCUT2D eigenvalue weighted by atomic mass is 16.3. The maximum atomic E-state index is 12.3. The van der Waals surface area contributed by atoms with Gasteiger partial charge in [0.1, 0.15) is 0 Å². The van der Waals surface area contributed by atoms with Crippen LogP contribution in [0.4, 0.5) is 0 Å². The highest BCUT2D eigenvalue weighted by Gasteiger charge is 2.26. The molecule has 0 aliphatic carbocycles. The first-order chi connectivity index (χ1) is 9.15. The van der Waals surface area contributed by atoms with Gasteiger partial charge in [-0.15, -0.1) is 5.10 Å². The van der Waals surface area contributed by atoms with Crippen LogP contribution in [0.1, 0.15) is 29.2 Å². The molecule has 0 spiro atoms. The first-order valence-corrected chi connectivity index (χ1v) is 6.31. The average molecular weight is 261 g/mol. The Balaban J connectivity index is 1.91. The van der Waals surface area contributed by atoms with Crippen molar-refractivity contribution in [3.05, 3.63) is 23.8 Å². The number of aromatic nitrogens is 4. The van der Waals surface area contributed by atoms with E-state index >= 15 is 0 Å². The molecule has 0 bridgehead atoms. The lowest BCUT2D eigenvalue weighted by Gasteiger charge is -2.29. The van der Waals surface area contributed by atoms with Crippen LogP contribution in [0.2, 0.25) is 0 Å². The van der Waals surface area contributed by atoms with E-state index in [-0.39, 0.29) is 11.7 Å². The number of fused-ring (bicyclic) bond motifs is 1. The van der Waals surface area contributed by atoms with Gasteiger partial charge in [0.25, 0.3) is 11.7 Å². The molecule has 100 valence electrons. The standard InChI is InChI=1S/C12H15N5O2/c1-8-4-5-13-12-14-10(15-17(8)12)11(19)16-6-2-3-9(18)7-16/h4-5,9,18H,2-3,6-7H2,1H3/t9-/m0/s1. The van der Waals surface area contributed by atoms with Crippen LogP contribution >= 0.6 is 0 Å². The molecule has 3 rings (SSSR count). The molecule has 3 heterocycles. The molecule has 0 aromatic carbocycles. The second-order valence-corrected chi connectivity index (χ2v) is 4.78. The topological polar surface area (TPSA) is 83.6 Å². The van der Waals surface area contributed by atoms with Crippen molar-refractivity contribution in [3.8, 4) is 0 Å². The van der Waals surface area contributed by atoms with Crippen molar-refractivity contribution >= 4 is 11.7 Å². The van der Waals surface area contributed by atoms with Crippen LogP contribution in [0.15, 0.2) is 12.3 Å². The molecule has 7 nitrogen and oxygen atoms in total. The normalized spacial score (nSPS) is 19.9. The summed E-state index contributed by atoms with van der Waals surface area (Å²) < 4.78 is 1.55. The van der Waals surface area contributed by atoms with Gasteiger partial charge in [0.05, 0.1) is 6.10 Å². The zero-order valence-electron chi connectivity index (χ0n) is 10.7. The maximum Gasteiger partial charge on any atom is 0.293 e. The van der Waals surface area contributed by atoms with Crippen molar-refractivity contribution in [1.82, 2.24) is 24.5 Å². The average Bonchev–Trinajstić information content (AvgIpc) is 2.83. The van der Waals surface area contributed by atoms with Crippen molar-refractivity contribution in [2.45, 2.75) is 25.9 Å². The molecule has 2 aromatic rings. The molecule has 1 fully saturated rings. The number of β-amino-alcohol motifs (C(OH)–C–C–N with tert-alkyl or cyclic N) is 1. The van der Waals surface area contributed by atoms with Crippen molar-refractivity contribution < 1.29 is 9.90 Å². The number of carbonyl (C=O) groups excluding carboxylic acids is 1. The summed E-state index contributed by atoms with van der Waals surface area (Å²) in [7, 11) is 0. The van der Waals surface area contributed by atoms with Crippen molar-refractivity contribution in [2.75, 3.05) is 13.1 Å². The number of hydrogen-bond donors (Lipinski definition) is 1. The smallest absolute Gasteiger partial charge is 0.293 e. The van der Waals surface area contributed by atoms with Crippen molar-refractivity contribution in [1.29, 1.82) is 0 Å². The third kappa shape index (κ3) is 2.17. The molecule has 1 atom stereocenters. The Morgan fingerprint density at radius 2 is 2.37 bits per heavy atom. The predicted octanol–water partition coefficient (Wildman–Crippen LogP) is 0.0296. The Morgan fingerprint density at radius 1 is 1.53 bits per heavy atom. The van der Waals surface area contributed by atoms with E-state index in [1.165, 1.54) is 0 Å². The summed E-state index contributed by atoms with van der Waals surface area (Å²) in [6.45, 7) is 2.86. The number of aryl methyl sites for hydroxylation is 1. The molecule has 7 heteroatoms. The SMILES string of the molecule is Cc1ccnc2nc(C(=O)N3CCC[C@H](O)C3)nn12. The fourth-order valence-electron chi connectivity index (χ4n) is 2.28. The summed E-state index contributed by atoms with van der Waals surface area (Å²) in [5, 5.41) is 13.8. The number of aliphatic hydroxyl groups excluding tert-OH is 1. The minimum absolute atomic E-state index is 0.135. The van der Waals surface area contributed by atoms with Gasteiger partial charge in [0, 0.05) is 25.0 Å². The van der Waals surface area contributed by atoms with E-state index in [4.69, 9.17) is 0 Å². The van der Waals surface area contributed by atoms with E-state index in [0.717, 1.165) is 18.5 Å². The number of nitrogens with zero attached hydrogens (tertiary/aromatic N) is 5. The molecule has 1 aliphatic heterocycles. The number of aliphatic hydroxyl groups is 1. The molecular weight excluding hydrogens is 246 g/mol. The summed E-state index contributed by atoms with van der Waals surface area (Å²) in [5.41, 5.74) is 0.871. The number of amides is 1. The summed E-state index contributed by atoms with van der Waals surface area (Å²) in [6, 6.07) is 1.81. The van der Waals surface area contributed by atoms with Gasteiger partial charge in [-0.3, -0.25) is 4.79 Å². The highest BCUT2D eigenvalue weighted by molar-refractivity contribution is 5.91. The molecular formula is C12H15N5O2. The third-order valence-corrected chi connectivity index (χ3v) is 3.30. The van der Waals surface area contributed by atoms with Gasteiger partial charge in [-0.1, -0.05) is 0 Å². The van der Waals surface area contributed by atoms with E-state index < -0.39 is 6.10 Å². The van der Waals surface area contributed by atoms with Gasteiger partial charge in [0.15, 0.2) is 0 Å². The number of likely N-dealkylation sites (tertiary alicyclic amines) is 1. The molecule has 1 N–H and O–H groups in total. The minimum Gasteiger partial charge on any atom is -0.391 e. The largest absolute Gasteiger partial charge is 0.391 e. The molecule has 2 aromatic heterocycles. The lowest BCUT2D eigenvalue weighted by atomic mass is 10.1. The Labute approximate surface area is 109 Å². The van der Waals surface area contributed by atoms with Crippen molar-refractivity contribution in [2.24, 2.45) is 0 Å². The molecule has 1 amide bonds. The number of piperidine rings is 1. The Hall–Kier alpha value is -2.02. The summed E-state index contributed by atoms with van der Waals surface area (Å²) in [4.78, 5) is 22.1. The van der Waals surface area contributed by atoms with E-state index in [1.807, 2.05) is 6.92 Å². The molecule has 0 radical (unpaired) electrons. The Kier molecular flexibility index (Phi) is 2.90. The van der Waals surface area contributed by atoms with Crippen LogP contribution in [0.5, 0.6) is 0 Å². The predicted molar refractivity (Wildman–Crippen MR) is 66.7 cm³/mol. The van der Waals surface area contributed by atoms with Gasteiger partial charge >= 0.3 is 0 Å². The number of rotatable bonds is 1. The Bertz CT molecular complexity index is 624. The summed E-state index contributed by atoms with van der Waals surface area (Å²) in [5.74, 6) is 0.306. The quantitative estimate of drug-likeness (QED) is 0.783. The van der Waals surface area contributed by atoms with E-state index in [1.54, 1.807) is 21.7 Å². The fourth-order valence-corrected chi connectivity index (χ4v) is 2.28. The number of hydrogen-bond acceptors (Lipinski definition) is 5. The zero-order valence-corrected chi connectivity index (χ0v) is 10.7. The van der Waals surface area contributed by atoms with Gasteiger partial charge in [0.2, 0.25) is 5.82 Å². The van der Waals surface area contributed by atoms with Gasteiger partial charge < -0.3 is 10.0 Å². The minimum atomic E-state index is -0.449. The molecule has 19 heavy (non-hydrogen) atoms. The van der Waals surface area contributed by atoms with Gasteiger partial charge in [-0.2, -0.15) is 4.98 Å². The first-order valence-electron chi connectivity index (χ1n) is 6.31. The van der Waals surface area contributed by atoms with Crippen LogP contribution in [-0.4, -0.2) is 54.7 Å². The van der Waals surface area contributed by atoms with E-state index in [2.05, 4.69) is 15.1 Å². The van der Waals surface area contributed by atoms with Crippen LogP contribution < -0.4 is 0 Å². The van der Waals surface area contributed by atoms with Crippen LogP contribution in [0.25, 0.3) is 5.78 Å². The molecule has 0 saturated carbocycles. The monoisotopic (exact) mass is 261 g/mol. The van der Waals surface area contributed by atoms with Crippen LogP contribution in [0, 0.1) is 6.92 Å². The molecule has 1 saturated heterocycles.